The molecule has 9 heteroatoms. The fourth-order valence-corrected chi connectivity index (χ4v) is 5.39. The normalized spacial score (nSPS) is 15.6. The van der Waals surface area contributed by atoms with Gasteiger partial charge in [0.25, 0.3) is 5.91 Å². The number of halogens is 2. The number of fused-ring (bicyclic) bond motifs is 1. The quantitative estimate of drug-likeness (QED) is 0.244. The first kappa shape index (κ1) is 27.7. The predicted octanol–water partition coefficient (Wildman–Crippen LogP) is 6.21. The van der Waals surface area contributed by atoms with Crippen LogP contribution in [0.25, 0.3) is 10.9 Å². The van der Waals surface area contributed by atoms with Gasteiger partial charge in [-0.25, -0.2) is 9.78 Å². The third kappa shape index (κ3) is 6.66. The first-order valence-corrected chi connectivity index (χ1v) is 14.0. The molecular formula is C31H31Cl2N5O2. The summed E-state index contributed by atoms with van der Waals surface area (Å²) in [5.41, 5.74) is 4.27. The summed E-state index contributed by atoms with van der Waals surface area (Å²) in [6.07, 6.45) is 0.794. The van der Waals surface area contributed by atoms with Crippen LogP contribution in [0.5, 0.6) is 0 Å². The van der Waals surface area contributed by atoms with Crippen molar-refractivity contribution in [2.24, 2.45) is 0 Å². The third-order valence-electron chi connectivity index (χ3n) is 7.03. The molecule has 1 aliphatic heterocycles. The maximum absolute atomic E-state index is 13.1. The molecule has 3 aromatic carbocycles. The Kier molecular flexibility index (Phi) is 8.43. The van der Waals surface area contributed by atoms with E-state index >= 15 is 0 Å². The summed E-state index contributed by atoms with van der Waals surface area (Å²) in [4.78, 5) is 33.0. The second kappa shape index (κ2) is 12.1. The highest BCUT2D eigenvalue weighted by molar-refractivity contribution is 6.42. The van der Waals surface area contributed by atoms with Gasteiger partial charge >= 0.3 is 6.03 Å². The molecule has 5 rings (SSSR count). The van der Waals surface area contributed by atoms with Crippen LogP contribution in [0.4, 0.5) is 10.6 Å². The van der Waals surface area contributed by atoms with Gasteiger partial charge in [0.1, 0.15) is 5.82 Å². The number of carbonyl (C=O) groups excluding carboxylic acids is 2. The number of hydrogen-bond donors (Lipinski definition) is 3. The van der Waals surface area contributed by atoms with Crippen LogP contribution in [0.3, 0.4) is 0 Å². The lowest BCUT2D eigenvalue weighted by molar-refractivity contribution is 0.0949. The number of carbonyl (C=O) groups is 2. The van der Waals surface area contributed by atoms with E-state index in [0.717, 1.165) is 46.4 Å². The number of benzene rings is 3. The van der Waals surface area contributed by atoms with Crippen molar-refractivity contribution in [1.82, 2.24) is 20.9 Å². The molecule has 1 fully saturated rings. The maximum atomic E-state index is 13.1. The topological polar surface area (TPSA) is 86.4 Å². The number of rotatable bonds is 7. The molecule has 1 saturated heterocycles. The summed E-state index contributed by atoms with van der Waals surface area (Å²) in [6.45, 7) is 5.52. The Bertz CT molecular complexity index is 1540. The van der Waals surface area contributed by atoms with Crippen molar-refractivity contribution in [1.29, 1.82) is 0 Å². The second-order valence-electron chi connectivity index (χ2n) is 10.2. The molecule has 4 aromatic rings. The van der Waals surface area contributed by atoms with E-state index in [1.165, 1.54) is 0 Å². The van der Waals surface area contributed by atoms with Gasteiger partial charge in [-0.15, -0.1) is 0 Å². The predicted molar refractivity (Wildman–Crippen MR) is 161 cm³/mol. The zero-order chi connectivity index (χ0) is 28.2. The lowest BCUT2D eigenvalue weighted by Crippen LogP contribution is -2.47. The van der Waals surface area contributed by atoms with E-state index in [1.54, 1.807) is 18.2 Å². The summed E-state index contributed by atoms with van der Waals surface area (Å²) in [7, 11) is 0. The molecule has 2 unspecified atom stereocenters. The Morgan fingerprint density at radius 1 is 0.975 bits per heavy atom. The third-order valence-corrected chi connectivity index (χ3v) is 7.77. The van der Waals surface area contributed by atoms with Crippen LogP contribution in [-0.4, -0.2) is 42.6 Å². The van der Waals surface area contributed by atoms with Crippen LogP contribution >= 0.6 is 23.2 Å². The van der Waals surface area contributed by atoms with Crippen LogP contribution in [0.15, 0.2) is 72.8 Å². The SMILES string of the molecule is Cc1cc(C)cc(C(=O)NCC(NC(=O)NC2CCN(c3ccc4ccccc4n3)C2)c2ccc(Cl)c(Cl)c2)c1. The van der Waals surface area contributed by atoms with Crippen molar-refractivity contribution in [2.45, 2.75) is 32.4 Å². The summed E-state index contributed by atoms with van der Waals surface area (Å²) in [5.74, 6) is 0.680. The Labute approximate surface area is 243 Å². The van der Waals surface area contributed by atoms with E-state index in [-0.39, 0.29) is 24.5 Å². The van der Waals surface area contributed by atoms with E-state index in [2.05, 4.69) is 26.9 Å². The molecule has 3 amide bonds. The van der Waals surface area contributed by atoms with Crippen LogP contribution in [0.1, 0.15) is 39.5 Å². The molecule has 2 atom stereocenters. The van der Waals surface area contributed by atoms with Crippen LogP contribution in [0.2, 0.25) is 10.0 Å². The molecule has 0 saturated carbocycles. The number of nitrogens with one attached hydrogen (secondary N) is 3. The minimum absolute atomic E-state index is 0.0485. The Morgan fingerprint density at radius 2 is 1.75 bits per heavy atom. The number of aryl methyl sites for hydroxylation is 2. The Hall–Kier alpha value is -3.81. The van der Waals surface area contributed by atoms with Gasteiger partial charge in [-0.1, -0.05) is 64.7 Å². The lowest BCUT2D eigenvalue weighted by atomic mass is 10.1. The monoisotopic (exact) mass is 575 g/mol. The molecule has 0 radical (unpaired) electrons. The van der Waals surface area contributed by atoms with E-state index in [0.29, 0.717) is 22.2 Å². The van der Waals surface area contributed by atoms with Gasteiger partial charge in [-0.3, -0.25) is 4.79 Å². The second-order valence-corrected chi connectivity index (χ2v) is 11.0. The summed E-state index contributed by atoms with van der Waals surface area (Å²) < 4.78 is 0. The van der Waals surface area contributed by atoms with Gasteiger partial charge in [-0.2, -0.15) is 0 Å². The number of aromatic nitrogens is 1. The number of nitrogens with zero attached hydrogens (tertiary/aromatic N) is 2. The lowest BCUT2D eigenvalue weighted by Gasteiger charge is -2.23. The van der Waals surface area contributed by atoms with Gasteiger partial charge in [0.15, 0.2) is 0 Å². The largest absolute Gasteiger partial charge is 0.354 e. The number of pyridine rings is 1. The average Bonchev–Trinajstić information content (AvgIpc) is 3.40. The van der Waals surface area contributed by atoms with Gasteiger partial charge in [0, 0.05) is 36.6 Å². The molecule has 0 bridgehead atoms. The van der Waals surface area contributed by atoms with Crippen LogP contribution in [-0.2, 0) is 0 Å². The molecule has 0 aliphatic carbocycles. The highest BCUT2D eigenvalue weighted by Crippen LogP contribution is 2.26. The number of hydrogen-bond acceptors (Lipinski definition) is 4. The summed E-state index contributed by atoms with van der Waals surface area (Å²) in [5, 5.41) is 10.9. The van der Waals surface area contributed by atoms with Crippen molar-refractivity contribution in [2.75, 3.05) is 24.5 Å². The van der Waals surface area contributed by atoms with Crippen molar-refractivity contribution in [3.63, 3.8) is 0 Å². The molecule has 0 spiro atoms. The Balaban J connectivity index is 1.24. The number of para-hydroxylation sites is 1. The molecule has 7 nitrogen and oxygen atoms in total. The van der Waals surface area contributed by atoms with Crippen LogP contribution in [0, 0.1) is 13.8 Å². The van der Waals surface area contributed by atoms with Gasteiger partial charge in [-0.05, 0) is 68.3 Å². The fourth-order valence-electron chi connectivity index (χ4n) is 5.09. The van der Waals surface area contributed by atoms with Crippen molar-refractivity contribution >= 4 is 51.9 Å². The van der Waals surface area contributed by atoms with Gasteiger partial charge in [0.05, 0.1) is 21.6 Å². The first-order chi connectivity index (χ1) is 19.2. The molecule has 1 aliphatic rings. The van der Waals surface area contributed by atoms with Crippen molar-refractivity contribution in [3.8, 4) is 0 Å². The van der Waals surface area contributed by atoms with Gasteiger partial charge in [0.2, 0.25) is 0 Å². The smallest absolute Gasteiger partial charge is 0.315 e. The highest BCUT2D eigenvalue weighted by Gasteiger charge is 2.26. The van der Waals surface area contributed by atoms with Crippen molar-refractivity contribution in [3.05, 3.63) is 105 Å². The minimum Gasteiger partial charge on any atom is -0.354 e. The Morgan fingerprint density at radius 3 is 2.52 bits per heavy atom. The number of anilines is 1. The molecule has 40 heavy (non-hydrogen) atoms. The molecule has 1 aromatic heterocycles. The number of urea groups is 1. The first-order valence-electron chi connectivity index (χ1n) is 13.2. The molecule has 206 valence electrons. The van der Waals surface area contributed by atoms with E-state index < -0.39 is 6.04 Å². The molecule has 2 heterocycles. The molecular weight excluding hydrogens is 545 g/mol. The minimum atomic E-state index is -0.524. The standard InChI is InChI=1S/C31H31Cl2N5O2/c1-19-13-20(2)15-23(14-19)30(39)34-17-28(22-7-9-25(32)26(33)16-22)37-31(40)35-24-11-12-38(18-24)29-10-8-21-5-3-4-6-27(21)36-29/h3-10,13-16,24,28H,11-12,17-18H2,1-2H3,(H,34,39)(H2,35,37,40). The van der Waals surface area contributed by atoms with E-state index in [9.17, 15) is 9.59 Å². The van der Waals surface area contributed by atoms with E-state index in [1.807, 2.05) is 62.4 Å². The average molecular weight is 577 g/mol. The van der Waals surface area contributed by atoms with Crippen LogP contribution < -0.4 is 20.9 Å². The molecule has 3 N–H and O–H groups in total. The maximum Gasteiger partial charge on any atom is 0.315 e. The zero-order valence-corrected chi connectivity index (χ0v) is 23.9. The number of amides is 3. The van der Waals surface area contributed by atoms with E-state index in [4.69, 9.17) is 28.2 Å². The highest BCUT2D eigenvalue weighted by atomic mass is 35.5. The van der Waals surface area contributed by atoms with Crippen molar-refractivity contribution < 1.29 is 9.59 Å². The fraction of sp³-hybridized carbons (Fsp3) is 0.258. The zero-order valence-electron chi connectivity index (χ0n) is 22.4. The summed E-state index contributed by atoms with van der Waals surface area (Å²) in [6, 6.07) is 22.1. The van der Waals surface area contributed by atoms with Gasteiger partial charge < -0.3 is 20.9 Å². The summed E-state index contributed by atoms with van der Waals surface area (Å²) >= 11 is 12.4.